The van der Waals surface area contributed by atoms with Gasteiger partial charge in [0.2, 0.25) is 10.0 Å². The molecule has 8 nitrogen and oxygen atoms in total. The predicted octanol–water partition coefficient (Wildman–Crippen LogP) is 0.341. The highest BCUT2D eigenvalue weighted by molar-refractivity contribution is 7.89. The van der Waals surface area contributed by atoms with Gasteiger partial charge >= 0.3 is 11.7 Å². The van der Waals surface area contributed by atoms with E-state index in [4.69, 9.17) is 5.11 Å². The molecule has 2 aromatic rings. The number of rotatable bonds is 6. The van der Waals surface area contributed by atoms with Crippen molar-refractivity contribution in [3.05, 3.63) is 28.7 Å². The Balaban J connectivity index is 2.23. The van der Waals surface area contributed by atoms with Crippen LogP contribution in [0.15, 0.2) is 27.9 Å². The summed E-state index contributed by atoms with van der Waals surface area (Å²) in [6.45, 7) is 0.107. The molecular formula is C12H15N3O5S. The number of sulfonamides is 1. The van der Waals surface area contributed by atoms with Crippen molar-refractivity contribution >= 4 is 27.0 Å². The topological polar surface area (TPSA) is 123 Å². The number of fused-ring (bicyclic) bond motifs is 1. The largest absolute Gasteiger partial charge is 0.481 e. The van der Waals surface area contributed by atoms with Crippen molar-refractivity contribution in [2.45, 2.75) is 17.7 Å². The second kappa shape index (κ2) is 5.70. The van der Waals surface area contributed by atoms with E-state index in [1.54, 1.807) is 0 Å². The standard InChI is InChI=1S/C12H15N3O5S/c1-15(6-2-3-11(16)17)21(19,20)8-4-5-9-10(7-8)14-12(18)13-9/h4-5,7H,2-3,6H2,1H3,(H,16,17)(H2,13,14,18). The first-order valence-corrected chi connectivity index (χ1v) is 7.65. The fourth-order valence-electron chi connectivity index (χ4n) is 1.93. The van der Waals surface area contributed by atoms with Crippen molar-refractivity contribution in [1.82, 2.24) is 14.3 Å². The molecule has 0 saturated carbocycles. The van der Waals surface area contributed by atoms with Gasteiger partial charge in [-0.25, -0.2) is 17.5 Å². The van der Waals surface area contributed by atoms with Crippen LogP contribution >= 0.6 is 0 Å². The van der Waals surface area contributed by atoms with Crippen molar-refractivity contribution < 1.29 is 18.3 Å². The van der Waals surface area contributed by atoms with Crippen molar-refractivity contribution in [1.29, 1.82) is 0 Å². The van der Waals surface area contributed by atoms with Crippen molar-refractivity contribution in [2.75, 3.05) is 13.6 Å². The van der Waals surface area contributed by atoms with Crippen molar-refractivity contribution in [2.24, 2.45) is 0 Å². The molecule has 2 rings (SSSR count). The molecule has 0 radical (unpaired) electrons. The highest BCUT2D eigenvalue weighted by Gasteiger charge is 2.21. The van der Waals surface area contributed by atoms with E-state index in [-0.39, 0.29) is 24.3 Å². The number of carboxylic acid groups (broad SMARTS) is 1. The second-order valence-electron chi connectivity index (χ2n) is 4.61. The normalized spacial score (nSPS) is 12.1. The lowest BCUT2D eigenvalue weighted by atomic mass is 10.3. The molecule has 0 spiro atoms. The van der Waals surface area contributed by atoms with Gasteiger partial charge in [-0.3, -0.25) is 4.79 Å². The molecule has 0 amide bonds. The molecule has 9 heteroatoms. The molecule has 0 aliphatic rings. The van der Waals surface area contributed by atoms with Gasteiger partial charge in [0.1, 0.15) is 0 Å². The molecule has 0 atom stereocenters. The van der Waals surface area contributed by atoms with Crippen molar-refractivity contribution in [3.8, 4) is 0 Å². The van der Waals surface area contributed by atoms with Gasteiger partial charge in [-0.1, -0.05) is 0 Å². The van der Waals surface area contributed by atoms with Crippen LogP contribution in [0.1, 0.15) is 12.8 Å². The summed E-state index contributed by atoms with van der Waals surface area (Å²) in [7, 11) is -2.32. The number of nitrogens with zero attached hydrogens (tertiary/aromatic N) is 1. The summed E-state index contributed by atoms with van der Waals surface area (Å²) >= 11 is 0. The lowest BCUT2D eigenvalue weighted by Gasteiger charge is -2.16. The maximum atomic E-state index is 12.3. The Kier molecular flexibility index (Phi) is 4.14. The lowest BCUT2D eigenvalue weighted by molar-refractivity contribution is -0.137. The molecule has 114 valence electrons. The molecule has 3 N–H and O–H groups in total. The monoisotopic (exact) mass is 313 g/mol. The smallest absolute Gasteiger partial charge is 0.323 e. The Morgan fingerprint density at radius 2 is 1.95 bits per heavy atom. The summed E-state index contributed by atoms with van der Waals surface area (Å²) in [5.41, 5.74) is 0.516. The number of imidazole rings is 1. The number of benzene rings is 1. The van der Waals surface area contributed by atoms with Crippen LogP contribution in [0.4, 0.5) is 0 Å². The number of hydrogen-bond donors (Lipinski definition) is 3. The number of carboxylic acids is 1. The van der Waals surface area contributed by atoms with Crippen LogP contribution in [-0.2, 0) is 14.8 Å². The van der Waals surface area contributed by atoms with Gasteiger partial charge in [0.05, 0.1) is 15.9 Å². The first-order valence-electron chi connectivity index (χ1n) is 6.21. The number of nitrogens with one attached hydrogen (secondary N) is 2. The van der Waals surface area contributed by atoms with E-state index in [1.807, 2.05) is 0 Å². The first-order chi connectivity index (χ1) is 9.80. The molecule has 21 heavy (non-hydrogen) atoms. The summed E-state index contributed by atoms with van der Waals surface area (Å²) in [6, 6.07) is 4.27. The number of aliphatic carboxylic acids is 1. The number of H-pyrrole nitrogens is 2. The maximum Gasteiger partial charge on any atom is 0.323 e. The molecule has 0 bridgehead atoms. The minimum atomic E-state index is -3.71. The summed E-state index contributed by atoms with van der Waals surface area (Å²) < 4.78 is 25.8. The average Bonchev–Trinajstić information content (AvgIpc) is 2.76. The van der Waals surface area contributed by atoms with E-state index in [0.29, 0.717) is 11.0 Å². The zero-order chi connectivity index (χ0) is 15.6. The Morgan fingerprint density at radius 1 is 1.29 bits per heavy atom. The van der Waals surface area contributed by atoms with Gasteiger partial charge in [0, 0.05) is 20.0 Å². The Bertz CT molecular complexity index is 821. The number of hydrogen-bond acceptors (Lipinski definition) is 4. The maximum absolute atomic E-state index is 12.3. The third-order valence-corrected chi connectivity index (χ3v) is 4.91. The summed E-state index contributed by atoms with van der Waals surface area (Å²) in [5.74, 6) is -0.966. The molecule has 0 aliphatic carbocycles. The molecule has 1 heterocycles. The first kappa shape index (κ1) is 15.3. The van der Waals surface area contributed by atoms with E-state index in [1.165, 1.54) is 25.2 Å². The van der Waals surface area contributed by atoms with Crippen LogP contribution in [0.3, 0.4) is 0 Å². The van der Waals surface area contributed by atoms with E-state index in [2.05, 4.69) is 9.97 Å². The Hall–Kier alpha value is -2.13. The summed E-state index contributed by atoms with van der Waals surface area (Å²) in [6.07, 6.45) is 0.137. The van der Waals surface area contributed by atoms with Gasteiger partial charge < -0.3 is 15.1 Å². The quantitative estimate of drug-likeness (QED) is 0.709. The van der Waals surface area contributed by atoms with E-state index < -0.39 is 21.7 Å². The molecular weight excluding hydrogens is 298 g/mol. The van der Waals surface area contributed by atoms with Crippen molar-refractivity contribution in [3.63, 3.8) is 0 Å². The van der Waals surface area contributed by atoms with E-state index in [9.17, 15) is 18.0 Å². The van der Waals surface area contributed by atoms with Gasteiger partial charge in [0.15, 0.2) is 0 Å². The molecule has 1 aromatic carbocycles. The number of aromatic amines is 2. The SMILES string of the molecule is CN(CCCC(=O)O)S(=O)(=O)c1ccc2[nH]c(=O)[nH]c2c1. The van der Waals surface area contributed by atoms with Crippen LogP contribution in [0, 0.1) is 0 Å². The zero-order valence-corrected chi connectivity index (χ0v) is 12.1. The fraction of sp³-hybridized carbons (Fsp3) is 0.333. The average molecular weight is 313 g/mol. The van der Waals surface area contributed by atoms with Gasteiger partial charge in [-0.15, -0.1) is 0 Å². The second-order valence-corrected chi connectivity index (χ2v) is 6.66. The predicted molar refractivity (Wildman–Crippen MR) is 75.6 cm³/mol. The van der Waals surface area contributed by atoms with Crippen LogP contribution in [-0.4, -0.2) is 47.4 Å². The van der Waals surface area contributed by atoms with E-state index >= 15 is 0 Å². The summed E-state index contributed by atoms with van der Waals surface area (Å²) in [5, 5.41) is 8.56. The minimum Gasteiger partial charge on any atom is -0.481 e. The fourth-order valence-corrected chi connectivity index (χ4v) is 3.16. The van der Waals surface area contributed by atoms with Gasteiger partial charge in [-0.05, 0) is 24.6 Å². The third kappa shape index (κ3) is 3.31. The van der Waals surface area contributed by atoms with Crippen LogP contribution in [0.5, 0.6) is 0 Å². The Morgan fingerprint density at radius 3 is 2.62 bits per heavy atom. The minimum absolute atomic E-state index is 0.0445. The summed E-state index contributed by atoms with van der Waals surface area (Å²) in [4.78, 5) is 26.7. The molecule has 0 saturated heterocycles. The lowest BCUT2D eigenvalue weighted by Crippen LogP contribution is -2.28. The number of aromatic nitrogens is 2. The highest BCUT2D eigenvalue weighted by atomic mass is 32.2. The molecule has 1 aromatic heterocycles. The van der Waals surface area contributed by atoms with Gasteiger partial charge in [-0.2, -0.15) is 0 Å². The van der Waals surface area contributed by atoms with Crippen LogP contribution in [0.25, 0.3) is 11.0 Å². The molecule has 0 unspecified atom stereocenters. The van der Waals surface area contributed by atoms with Crippen LogP contribution in [0.2, 0.25) is 0 Å². The number of carbonyl (C=O) groups is 1. The van der Waals surface area contributed by atoms with Gasteiger partial charge in [0.25, 0.3) is 0 Å². The zero-order valence-electron chi connectivity index (χ0n) is 11.3. The molecule has 0 fully saturated rings. The van der Waals surface area contributed by atoms with Crippen LogP contribution < -0.4 is 5.69 Å². The van der Waals surface area contributed by atoms with E-state index in [0.717, 1.165) is 4.31 Å². The highest BCUT2D eigenvalue weighted by Crippen LogP contribution is 2.18. The molecule has 0 aliphatic heterocycles. The third-order valence-electron chi connectivity index (χ3n) is 3.06. The Labute approximate surface area is 120 Å².